The Balaban J connectivity index is 2.63. The van der Waals surface area contributed by atoms with Crippen LogP contribution in [0.4, 0.5) is 17.1 Å². The summed E-state index contributed by atoms with van der Waals surface area (Å²) in [6, 6.07) is 3.20. The lowest BCUT2D eigenvalue weighted by Gasteiger charge is -2.12. The van der Waals surface area contributed by atoms with Crippen LogP contribution in [0.15, 0.2) is 33.2 Å². The molecule has 0 aliphatic heterocycles. The minimum atomic E-state index is -0.656. The van der Waals surface area contributed by atoms with E-state index in [2.05, 4.69) is 10.2 Å². The van der Waals surface area contributed by atoms with Crippen molar-refractivity contribution < 1.29 is 15.1 Å². The maximum atomic E-state index is 12.4. The van der Waals surface area contributed by atoms with Gasteiger partial charge in [0.05, 0.1) is 4.92 Å². The summed E-state index contributed by atoms with van der Waals surface area (Å²) < 4.78 is 2.69. The number of nitrogens with zero attached hydrogens (tertiary/aromatic N) is 5. The summed E-state index contributed by atoms with van der Waals surface area (Å²) in [5.41, 5.74) is -1.53. The highest BCUT2D eigenvalue weighted by Gasteiger charge is 2.16. The molecule has 0 atom stereocenters. The fourth-order valence-electron chi connectivity index (χ4n) is 2.14. The van der Waals surface area contributed by atoms with Crippen LogP contribution in [0, 0.1) is 14.9 Å². The number of nitro groups is 1. The van der Waals surface area contributed by atoms with E-state index >= 15 is 0 Å². The molecule has 1 aromatic heterocycles. The van der Waals surface area contributed by atoms with E-state index in [0.29, 0.717) is 6.54 Å². The summed E-state index contributed by atoms with van der Waals surface area (Å²) in [4.78, 5) is 22.5. The predicted molar refractivity (Wildman–Crippen MR) is 91.5 cm³/mol. The summed E-state index contributed by atoms with van der Waals surface area (Å²) in [6.07, 6.45) is 0. The Bertz CT molecular complexity index is 979. The van der Waals surface area contributed by atoms with Crippen molar-refractivity contribution in [2.75, 3.05) is 0 Å². The molecule has 25 heavy (non-hydrogen) atoms. The number of rotatable bonds is 5. The van der Waals surface area contributed by atoms with Crippen LogP contribution in [0.1, 0.15) is 13.8 Å². The number of phenolic OH excluding ortho intramolecular Hbond substituents is 1. The summed E-state index contributed by atoms with van der Waals surface area (Å²) in [6.45, 7) is 4.01. The van der Waals surface area contributed by atoms with Crippen molar-refractivity contribution in [2.24, 2.45) is 10.2 Å². The molecule has 1 heterocycles. The molecule has 0 unspecified atom stereocenters. The van der Waals surface area contributed by atoms with Gasteiger partial charge in [0, 0.05) is 25.2 Å². The molecule has 0 saturated carbocycles. The van der Waals surface area contributed by atoms with Crippen LogP contribution in [0.5, 0.6) is 11.6 Å². The van der Waals surface area contributed by atoms with Crippen LogP contribution >= 0.6 is 12.2 Å². The van der Waals surface area contributed by atoms with Crippen LogP contribution in [0.3, 0.4) is 0 Å². The third kappa shape index (κ3) is 3.40. The van der Waals surface area contributed by atoms with Gasteiger partial charge in [0.25, 0.3) is 11.2 Å². The molecule has 0 amide bonds. The maximum Gasteiger partial charge on any atom is 0.286 e. The molecule has 0 aliphatic carbocycles. The Kier molecular flexibility index (Phi) is 5.27. The quantitative estimate of drug-likeness (QED) is 0.361. The van der Waals surface area contributed by atoms with Gasteiger partial charge >= 0.3 is 0 Å². The number of aromatic hydroxyl groups is 2. The fraction of sp³-hybridized carbons (Fsp3) is 0.286. The van der Waals surface area contributed by atoms with Gasteiger partial charge in [0.1, 0.15) is 11.4 Å². The number of non-ortho nitro benzene ring substituents is 1. The Morgan fingerprint density at radius 1 is 1.20 bits per heavy atom. The van der Waals surface area contributed by atoms with E-state index < -0.39 is 16.4 Å². The van der Waals surface area contributed by atoms with Gasteiger partial charge in [-0.2, -0.15) is 0 Å². The second kappa shape index (κ2) is 7.21. The number of hydrogen-bond acceptors (Lipinski definition) is 8. The highest BCUT2D eigenvalue weighted by atomic mass is 32.1. The maximum absolute atomic E-state index is 12.4. The van der Waals surface area contributed by atoms with Gasteiger partial charge in [0.2, 0.25) is 11.6 Å². The number of aromatic nitrogens is 2. The Hall–Kier alpha value is -3.08. The summed E-state index contributed by atoms with van der Waals surface area (Å²) >= 11 is 5.15. The van der Waals surface area contributed by atoms with Crippen molar-refractivity contribution >= 4 is 29.3 Å². The van der Waals surface area contributed by atoms with Gasteiger partial charge in [-0.3, -0.25) is 24.0 Å². The lowest BCUT2D eigenvalue weighted by Crippen LogP contribution is -2.24. The molecule has 2 N–H and O–H groups in total. The molecule has 0 aliphatic rings. The minimum Gasteiger partial charge on any atom is -0.506 e. The topological polar surface area (TPSA) is 135 Å². The zero-order valence-corrected chi connectivity index (χ0v) is 14.2. The average Bonchev–Trinajstić information content (AvgIpc) is 2.56. The van der Waals surface area contributed by atoms with Crippen LogP contribution < -0.4 is 5.56 Å². The van der Waals surface area contributed by atoms with Gasteiger partial charge in [-0.15, -0.1) is 10.2 Å². The SMILES string of the molecule is CCn1c(O)c(/N=N/c2cc([N+](=O)[O-])ccc2O)c(=O)n(CC)c1=S. The van der Waals surface area contributed by atoms with E-state index in [-0.39, 0.29) is 34.1 Å². The van der Waals surface area contributed by atoms with E-state index in [0.717, 1.165) is 18.2 Å². The Morgan fingerprint density at radius 2 is 1.84 bits per heavy atom. The van der Waals surface area contributed by atoms with Gasteiger partial charge in [-0.1, -0.05) is 0 Å². The normalized spacial score (nSPS) is 11.1. The summed E-state index contributed by atoms with van der Waals surface area (Å²) in [5, 5.41) is 38.1. The average molecular weight is 365 g/mol. The third-order valence-electron chi connectivity index (χ3n) is 3.44. The molecule has 0 bridgehead atoms. The first kappa shape index (κ1) is 18.3. The van der Waals surface area contributed by atoms with Crippen molar-refractivity contribution in [3.8, 4) is 11.6 Å². The molecule has 0 radical (unpaired) electrons. The zero-order valence-electron chi connectivity index (χ0n) is 13.4. The van der Waals surface area contributed by atoms with Crippen molar-refractivity contribution in [2.45, 2.75) is 26.9 Å². The zero-order chi connectivity index (χ0) is 18.7. The lowest BCUT2D eigenvalue weighted by atomic mass is 10.2. The highest BCUT2D eigenvalue weighted by molar-refractivity contribution is 7.71. The molecular weight excluding hydrogens is 350 g/mol. The van der Waals surface area contributed by atoms with Crippen LogP contribution in [0.2, 0.25) is 0 Å². The van der Waals surface area contributed by atoms with Crippen LogP contribution in [-0.2, 0) is 13.1 Å². The lowest BCUT2D eigenvalue weighted by molar-refractivity contribution is -0.384. The third-order valence-corrected chi connectivity index (χ3v) is 3.88. The van der Waals surface area contributed by atoms with Crippen molar-refractivity contribution in [1.29, 1.82) is 0 Å². The fourth-order valence-corrected chi connectivity index (χ4v) is 2.56. The first-order chi connectivity index (χ1) is 11.8. The van der Waals surface area contributed by atoms with E-state index in [1.54, 1.807) is 13.8 Å². The molecule has 2 aromatic rings. The number of nitro benzene ring substituents is 1. The van der Waals surface area contributed by atoms with Crippen LogP contribution in [0.25, 0.3) is 0 Å². The first-order valence-corrected chi connectivity index (χ1v) is 7.68. The first-order valence-electron chi connectivity index (χ1n) is 7.27. The molecule has 0 fully saturated rings. The van der Waals surface area contributed by atoms with Crippen molar-refractivity contribution in [1.82, 2.24) is 9.13 Å². The summed E-state index contributed by atoms with van der Waals surface area (Å²) in [5.74, 6) is -0.816. The number of azo groups is 1. The van der Waals surface area contributed by atoms with Crippen molar-refractivity contribution in [3.05, 3.63) is 43.4 Å². The standard InChI is InChI=1S/C14H15N5O5S/c1-3-17-12(21)11(13(22)18(4-2)14(17)25)16-15-9-7-8(19(23)24)5-6-10(9)20/h5-7,20-21H,3-4H2,1-2H3/b16-15+. The number of benzene rings is 1. The van der Waals surface area contributed by atoms with Crippen molar-refractivity contribution in [3.63, 3.8) is 0 Å². The smallest absolute Gasteiger partial charge is 0.286 e. The second-order valence-corrected chi connectivity index (χ2v) is 5.24. The van der Waals surface area contributed by atoms with Gasteiger partial charge < -0.3 is 10.2 Å². The monoisotopic (exact) mass is 365 g/mol. The van der Waals surface area contributed by atoms with Crippen LogP contribution in [-0.4, -0.2) is 24.3 Å². The van der Waals surface area contributed by atoms with E-state index in [1.807, 2.05) is 0 Å². The number of phenols is 1. The van der Waals surface area contributed by atoms with E-state index in [9.17, 15) is 25.1 Å². The predicted octanol–water partition coefficient (Wildman–Crippen LogP) is 3.15. The van der Waals surface area contributed by atoms with Gasteiger partial charge in [-0.25, -0.2) is 0 Å². The molecule has 1 aromatic carbocycles. The molecule has 0 spiro atoms. The Labute approximate surface area is 146 Å². The van der Waals surface area contributed by atoms with Gasteiger partial charge in [-0.05, 0) is 32.1 Å². The van der Waals surface area contributed by atoms with E-state index in [4.69, 9.17) is 12.2 Å². The molecule has 0 saturated heterocycles. The molecule has 2 rings (SSSR count). The number of hydrogen-bond donors (Lipinski definition) is 2. The molecule has 11 heteroatoms. The van der Waals surface area contributed by atoms with Gasteiger partial charge in [0.15, 0.2) is 4.77 Å². The molecule has 132 valence electrons. The Morgan fingerprint density at radius 3 is 2.40 bits per heavy atom. The minimum absolute atomic E-state index is 0.143. The second-order valence-electron chi connectivity index (χ2n) is 4.88. The molecular formula is C14H15N5O5S. The molecule has 10 nitrogen and oxygen atoms in total. The highest BCUT2D eigenvalue weighted by Crippen LogP contribution is 2.32. The summed E-state index contributed by atoms with van der Waals surface area (Å²) in [7, 11) is 0. The largest absolute Gasteiger partial charge is 0.506 e. The van der Waals surface area contributed by atoms with E-state index in [1.165, 1.54) is 9.13 Å².